The van der Waals surface area contributed by atoms with Crippen LogP contribution in [0.3, 0.4) is 0 Å². The van der Waals surface area contributed by atoms with E-state index >= 15 is 0 Å². The Morgan fingerprint density at radius 3 is 2.24 bits per heavy atom. The third-order valence-corrected chi connectivity index (χ3v) is 6.31. The maximum atomic E-state index is 12.3. The van der Waals surface area contributed by atoms with E-state index in [0.717, 1.165) is 50.9 Å². The molecule has 4 nitrogen and oxygen atoms in total. The molecule has 3 N–H and O–H groups in total. The molecule has 2 aliphatic heterocycles. The van der Waals surface area contributed by atoms with Crippen LogP contribution in [0.5, 0.6) is 0 Å². The Morgan fingerprint density at radius 1 is 1.05 bits per heavy atom. The molecule has 2 saturated heterocycles. The fourth-order valence-corrected chi connectivity index (χ4v) is 4.74. The molecule has 3 fully saturated rings. The van der Waals surface area contributed by atoms with Gasteiger partial charge in [-0.25, -0.2) is 0 Å². The normalized spacial score (nSPS) is 40.2. The molecule has 0 aromatic carbocycles. The number of carbonyl (C=O) groups excluding carboxylic acids is 1. The second kappa shape index (κ2) is 6.66. The molecule has 2 unspecified atom stereocenters. The van der Waals surface area contributed by atoms with Gasteiger partial charge in [0.25, 0.3) is 0 Å². The fourth-order valence-electron chi connectivity index (χ4n) is 4.74. The molecule has 120 valence electrons. The van der Waals surface area contributed by atoms with E-state index in [4.69, 9.17) is 5.73 Å². The first kappa shape index (κ1) is 15.3. The van der Waals surface area contributed by atoms with Crippen molar-refractivity contribution in [2.75, 3.05) is 20.1 Å². The van der Waals surface area contributed by atoms with Crippen LogP contribution in [-0.4, -0.2) is 43.0 Å². The predicted molar refractivity (Wildman–Crippen MR) is 84.8 cm³/mol. The topological polar surface area (TPSA) is 58.4 Å². The summed E-state index contributed by atoms with van der Waals surface area (Å²) < 4.78 is 0. The minimum absolute atomic E-state index is 0.246. The van der Waals surface area contributed by atoms with Crippen molar-refractivity contribution < 1.29 is 4.79 Å². The summed E-state index contributed by atoms with van der Waals surface area (Å²) in [6, 6.07) is 1.54. The number of rotatable bonds is 4. The van der Waals surface area contributed by atoms with Gasteiger partial charge in [-0.05, 0) is 76.8 Å². The lowest BCUT2D eigenvalue weighted by molar-refractivity contribution is -0.126. The molecule has 1 amide bonds. The smallest absolute Gasteiger partial charge is 0.223 e. The number of piperidine rings is 1. The van der Waals surface area contributed by atoms with Crippen LogP contribution in [0.4, 0.5) is 0 Å². The lowest BCUT2D eigenvalue weighted by Crippen LogP contribution is -2.44. The molecule has 1 saturated carbocycles. The average molecular weight is 293 g/mol. The standard InChI is InChI=1S/C17H31N3O/c1-20-15-6-7-16(20)9-13(8-15)11-19-17(21)14-4-2-12(10-18)3-5-14/h12-16H,2-11,18H2,1H3,(H,19,21). The highest BCUT2D eigenvalue weighted by Gasteiger charge is 2.38. The number of hydrogen-bond donors (Lipinski definition) is 2. The molecule has 0 aromatic heterocycles. The van der Waals surface area contributed by atoms with Gasteiger partial charge in [0.05, 0.1) is 0 Å². The number of nitrogens with two attached hydrogens (primary N) is 1. The predicted octanol–water partition coefficient (Wildman–Crippen LogP) is 1.74. The molecule has 1 aliphatic carbocycles. The van der Waals surface area contributed by atoms with Gasteiger partial charge in [-0.2, -0.15) is 0 Å². The third-order valence-electron chi connectivity index (χ3n) is 6.31. The number of fused-ring (bicyclic) bond motifs is 2. The molecule has 2 atom stereocenters. The molecule has 3 rings (SSSR count). The van der Waals surface area contributed by atoms with E-state index < -0.39 is 0 Å². The number of carbonyl (C=O) groups is 1. The summed E-state index contributed by atoms with van der Waals surface area (Å²) in [7, 11) is 2.27. The van der Waals surface area contributed by atoms with Gasteiger partial charge in [-0.3, -0.25) is 4.79 Å². The summed E-state index contributed by atoms with van der Waals surface area (Å²) in [5, 5.41) is 3.25. The van der Waals surface area contributed by atoms with E-state index in [2.05, 4.69) is 17.3 Å². The second-order valence-corrected chi connectivity index (χ2v) is 7.59. The van der Waals surface area contributed by atoms with Crippen LogP contribution in [0.2, 0.25) is 0 Å². The number of hydrogen-bond acceptors (Lipinski definition) is 3. The van der Waals surface area contributed by atoms with Gasteiger partial charge in [-0.1, -0.05) is 0 Å². The van der Waals surface area contributed by atoms with Crippen LogP contribution < -0.4 is 11.1 Å². The van der Waals surface area contributed by atoms with E-state index in [1.807, 2.05) is 0 Å². The number of nitrogens with one attached hydrogen (secondary N) is 1. The zero-order chi connectivity index (χ0) is 14.8. The average Bonchev–Trinajstić information content (AvgIpc) is 2.75. The van der Waals surface area contributed by atoms with Crippen molar-refractivity contribution in [3.8, 4) is 0 Å². The highest BCUT2D eigenvalue weighted by Crippen LogP contribution is 2.37. The molecule has 3 aliphatic rings. The summed E-state index contributed by atoms with van der Waals surface area (Å²) in [5.41, 5.74) is 5.72. The Kier molecular flexibility index (Phi) is 4.85. The molecule has 2 bridgehead atoms. The molecule has 0 aromatic rings. The van der Waals surface area contributed by atoms with E-state index in [-0.39, 0.29) is 5.92 Å². The minimum atomic E-state index is 0.246. The van der Waals surface area contributed by atoms with E-state index in [1.54, 1.807) is 0 Å². The van der Waals surface area contributed by atoms with E-state index in [0.29, 0.717) is 17.7 Å². The van der Waals surface area contributed by atoms with Crippen molar-refractivity contribution in [3.63, 3.8) is 0 Å². The van der Waals surface area contributed by atoms with Gasteiger partial charge < -0.3 is 16.0 Å². The van der Waals surface area contributed by atoms with Gasteiger partial charge in [0.2, 0.25) is 5.91 Å². The maximum Gasteiger partial charge on any atom is 0.223 e. The van der Waals surface area contributed by atoms with Crippen molar-refractivity contribution in [2.24, 2.45) is 23.5 Å². The first-order valence-corrected chi connectivity index (χ1v) is 8.87. The van der Waals surface area contributed by atoms with Crippen LogP contribution in [0.25, 0.3) is 0 Å². The molecule has 2 heterocycles. The maximum absolute atomic E-state index is 12.3. The second-order valence-electron chi connectivity index (χ2n) is 7.59. The van der Waals surface area contributed by atoms with Gasteiger partial charge in [-0.15, -0.1) is 0 Å². The Bertz CT molecular complexity index is 351. The van der Waals surface area contributed by atoms with Crippen LogP contribution in [-0.2, 0) is 4.79 Å². The van der Waals surface area contributed by atoms with E-state index in [9.17, 15) is 4.79 Å². The third kappa shape index (κ3) is 3.42. The fraction of sp³-hybridized carbons (Fsp3) is 0.941. The lowest BCUT2D eigenvalue weighted by atomic mass is 9.81. The SMILES string of the molecule is CN1C2CCC1CC(CNC(=O)C1CCC(CN)CC1)C2. The Hall–Kier alpha value is -0.610. The Labute approximate surface area is 128 Å². The molecule has 4 heteroatoms. The van der Waals surface area contributed by atoms with Crippen molar-refractivity contribution in [1.82, 2.24) is 10.2 Å². The van der Waals surface area contributed by atoms with Gasteiger partial charge >= 0.3 is 0 Å². The summed E-state index contributed by atoms with van der Waals surface area (Å²) in [4.78, 5) is 14.9. The minimum Gasteiger partial charge on any atom is -0.356 e. The number of nitrogens with zero attached hydrogens (tertiary/aromatic N) is 1. The van der Waals surface area contributed by atoms with Crippen molar-refractivity contribution >= 4 is 5.91 Å². The first-order valence-electron chi connectivity index (χ1n) is 8.87. The zero-order valence-corrected chi connectivity index (χ0v) is 13.4. The quantitative estimate of drug-likeness (QED) is 0.830. The van der Waals surface area contributed by atoms with E-state index in [1.165, 1.54) is 25.7 Å². The highest BCUT2D eigenvalue weighted by atomic mass is 16.1. The summed E-state index contributed by atoms with van der Waals surface area (Å²) in [6.07, 6.45) is 9.59. The van der Waals surface area contributed by atoms with Gasteiger partial charge in [0, 0.05) is 24.5 Å². The van der Waals surface area contributed by atoms with Crippen molar-refractivity contribution in [3.05, 3.63) is 0 Å². The van der Waals surface area contributed by atoms with Crippen LogP contribution in [0.15, 0.2) is 0 Å². The van der Waals surface area contributed by atoms with Crippen molar-refractivity contribution in [1.29, 1.82) is 0 Å². The highest BCUT2D eigenvalue weighted by molar-refractivity contribution is 5.78. The van der Waals surface area contributed by atoms with Crippen LogP contribution in [0, 0.1) is 17.8 Å². The van der Waals surface area contributed by atoms with Gasteiger partial charge in [0.1, 0.15) is 0 Å². The van der Waals surface area contributed by atoms with Gasteiger partial charge in [0.15, 0.2) is 0 Å². The summed E-state index contributed by atoms with van der Waals surface area (Å²) >= 11 is 0. The lowest BCUT2D eigenvalue weighted by Gasteiger charge is -2.36. The molecule has 0 radical (unpaired) electrons. The number of amides is 1. The molecule has 0 spiro atoms. The molecule has 21 heavy (non-hydrogen) atoms. The molecular formula is C17H31N3O. The zero-order valence-electron chi connectivity index (χ0n) is 13.4. The first-order chi connectivity index (χ1) is 10.2. The van der Waals surface area contributed by atoms with Crippen LogP contribution >= 0.6 is 0 Å². The van der Waals surface area contributed by atoms with Crippen LogP contribution in [0.1, 0.15) is 51.4 Å². The monoisotopic (exact) mass is 293 g/mol. The molecular weight excluding hydrogens is 262 g/mol. The largest absolute Gasteiger partial charge is 0.356 e. The Balaban J connectivity index is 1.40. The Morgan fingerprint density at radius 2 is 1.67 bits per heavy atom. The van der Waals surface area contributed by atoms with Crippen molar-refractivity contribution in [2.45, 2.75) is 63.5 Å². The summed E-state index contributed by atoms with van der Waals surface area (Å²) in [6.45, 7) is 1.68. The summed E-state index contributed by atoms with van der Waals surface area (Å²) in [5.74, 6) is 1.90.